The monoisotopic (exact) mass is 453 g/mol. The number of ether oxygens (including phenoxy) is 5. The molecule has 1 amide bonds. The molecule has 0 fully saturated rings. The van der Waals surface area contributed by atoms with Crippen molar-refractivity contribution in [2.24, 2.45) is 5.41 Å². The van der Waals surface area contributed by atoms with E-state index in [1.807, 2.05) is 41.5 Å². The van der Waals surface area contributed by atoms with Crippen molar-refractivity contribution < 1.29 is 33.3 Å². The van der Waals surface area contributed by atoms with E-state index in [-0.39, 0.29) is 18.1 Å². The number of benzene rings is 1. The zero-order valence-electron chi connectivity index (χ0n) is 20.9. The summed E-state index contributed by atoms with van der Waals surface area (Å²) in [5.41, 5.74) is -0.581. The van der Waals surface area contributed by atoms with Crippen molar-refractivity contribution in [3.8, 4) is 17.2 Å². The van der Waals surface area contributed by atoms with E-state index in [0.717, 1.165) is 0 Å². The highest BCUT2D eigenvalue weighted by Gasteiger charge is 2.34. The Morgan fingerprint density at radius 2 is 1.66 bits per heavy atom. The maximum Gasteiger partial charge on any atom is 0.410 e. The minimum absolute atomic E-state index is 0.162. The molecule has 1 rings (SSSR count). The Kier molecular flexibility index (Phi) is 10.3. The number of likely N-dealkylation sites (N-methyl/N-ethyl adjacent to an activating group) is 1. The predicted octanol–water partition coefficient (Wildman–Crippen LogP) is 4.58. The van der Waals surface area contributed by atoms with Crippen molar-refractivity contribution >= 4 is 12.4 Å². The van der Waals surface area contributed by atoms with E-state index in [4.69, 9.17) is 23.7 Å². The molecule has 1 atom stereocenters. The van der Waals surface area contributed by atoms with Crippen LogP contribution in [0.5, 0.6) is 17.2 Å². The van der Waals surface area contributed by atoms with Crippen LogP contribution in [-0.2, 0) is 9.47 Å². The fourth-order valence-electron chi connectivity index (χ4n) is 3.00. The van der Waals surface area contributed by atoms with E-state index in [1.165, 1.54) is 12.0 Å². The number of hydrogen-bond acceptors (Lipinski definition) is 7. The number of rotatable bonds is 11. The molecule has 0 radical (unpaired) electrons. The van der Waals surface area contributed by atoms with Gasteiger partial charge in [-0.05, 0) is 32.3 Å². The van der Waals surface area contributed by atoms with Crippen LogP contribution in [0.15, 0.2) is 12.1 Å². The Balaban J connectivity index is 3.10. The third-order valence-electron chi connectivity index (χ3n) is 4.72. The van der Waals surface area contributed by atoms with Crippen molar-refractivity contribution in [2.75, 3.05) is 41.1 Å². The van der Waals surface area contributed by atoms with Crippen LogP contribution in [0.2, 0.25) is 0 Å². The minimum atomic E-state index is -0.607. The number of carbonyl (C=O) groups is 2. The lowest BCUT2D eigenvalue weighted by molar-refractivity contribution is 0.00141. The fraction of sp³-hybridized carbons (Fsp3) is 0.667. The Bertz CT molecular complexity index is 750. The van der Waals surface area contributed by atoms with Crippen LogP contribution in [0.25, 0.3) is 0 Å². The Hall–Kier alpha value is -2.48. The van der Waals surface area contributed by atoms with Crippen LogP contribution in [-0.4, -0.2) is 70.0 Å². The molecule has 0 saturated carbocycles. The van der Waals surface area contributed by atoms with Gasteiger partial charge in [-0.1, -0.05) is 20.8 Å². The van der Waals surface area contributed by atoms with Crippen LogP contribution in [0.1, 0.15) is 58.3 Å². The van der Waals surface area contributed by atoms with Crippen molar-refractivity contribution in [3.05, 3.63) is 17.7 Å². The smallest absolute Gasteiger partial charge is 0.410 e. The van der Waals surface area contributed by atoms with E-state index in [1.54, 1.807) is 26.3 Å². The molecule has 32 heavy (non-hydrogen) atoms. The third-order valence-corrected chi connectivity index (χ3v) is 4.72. The van der Waals surface area contributed by atoms with Crippen LogP contribution in [0, 0.1) is 5.41 Å². The molecule has 0 N–H and O–H groups in total. The molecule has 8 nitrogen and oxygen atoms in total. The van der Waals surface area contributed by atoms with Crippen molar-refractivity contribution in [1.82, 2.24) is 4.90 Å². The van der Waals surface area contributed by atoms with Crippen LogP contribution in [0.4, 0.5) is 4.79 Å². The summed E-state index contributed by atoms with van der Waals surface area (Å²) in [5, 5.41) is 0. The summed E-state index contributed by atoms with van der Waals surface area (Å²) in [6, 6.07) is 2.91. The zero-order valence-corrected chi connectivity index (χ0v) is 20.9. The van der Waals surface area contributed by atoms with Gasteiger partial charge < -0.3 is 28.6 Å². The first kappa shape index (κ1) is 27.6. The van der Waals surface area contributed by atoms with E-state index < -0.39 is 11.7 Å². The molecule has 8 heteroatoms. The molecule has 0 aliphatic heterocycles. The standard InChI is InChI=1S/C24H39NO7/c1-23(2,3)21(25(7)22(27)32-24(4,5)6)16-31-18-14-20(30-12-10-11-28-8)19(29-9)13-17(18)15-26/h13-15,21H,10-12,16H2,1-9H3/t21-/m1/s1. The number of aldehydes is 1. The second-order valence-corrected chi connectivity index (χ2v) is 9.64. The van der Waals surface area contributed by atoms with Gasteiger partial charge in [-0.2, -0.15) is 0 Å². The van der Waals surface area contributed by atoms with Crippen LogP contribution in [0.3, 0.4) is 0 Å². The molecular weight excluding hydrogens is 414 g/mol. The summed E-state index contributed by atoms with van der Waals surface area (Å²) in [4.78, 5) is 25.8. The molecule has 0 spiro atoms. The SMILES string of the molecule is COCCCOc1cc(OC[C@@H](N(C)C(=O)OC(C)(C)C)C(C)(C)C)c(C=O)cc1OC. The van der Waals surface area contributed by atoms with Gasteiger partial charge in [0.2, 0.25) is 0 Å². The van der Waals surface area contributed by atoms with Crippen LogP contribution >= 0.6 is 0 Å². The number of amides is 1. The highest BCUT2D eigenvalue weighted by Crippen LogP contribution is 2.35. The second-order valence-electron chi connectivity index (χ2n) is 9.64. The predicted molar refractivity (Wildman–Crippen MR) is 123 cm³/mol. The third kappa shape index (κ3) is 8.57. The van der Waals surface area contributed by atoms with Gasteiger partial charge in [-0.3, -0.25) is 4.79 Å². The summed E-state index contributed by atoms with van der Waals surface area (Å²) >= 11 is 0. The van der Waals surface area contributed by atoms with Gasteiger partial charge in [0.1, 0.15) is 18.0 Å². The van der Waals surface area contributed by atoms with E-state index in [0.29, 0.717) is 48.7 Å². The number of methoxy groups -OCH3 is 2. The summed E-state index contributed by atoms with van der Waals surface area (Å²) in [6.07, 6.45) is 0.974. The molecule has 1 aromatic rings. The van der Waals surface area contributed by atoms with Gasteiger partial charge in [-0.15, -0.1) is 0 Å². The zero-order chi connectivity index (χ0) is 24.5. The number of hydrogen-bond donors (Lipinski definition) is 0. The van der Waals surface area contributed by atoms with Gasteiger partial charge in [0.05, 0.1) is 25.3 Å². The molecule has 182 valence electrons. The lowest BCUT2D eigenvalue weighted by atomic mass is 9.86. The van der Waals surface area contributed by atoms with Crippen molar-refractivity contribution in [1.29, 1.82) is 0 Å². The first-order valence-electron chi connectivity index (χ1n) is 10.7. The topological polar surface area (TPSA) is 83.5 Å². The van der Waals surface area contributed by atoms with Gasteiger partial charge in [-0.25, -0.2) is 4.79 Å². The second kappa shape index (κ2) is 11.9. The average molecular weight is 454 g/mol. The molecule has 0 aliphatic rings. The highest BCUT2D eigenvalue weighted by atomic mass is 16.6. The Labute approximate surface area is 192 Å². The van der Waals surface area contributed by atoms with E-state index in [9.17, 15) is 9.59 Å². The summed E-state index contributed by atoms with van der Waals surface area (Å²) < 4.78 is 27.8. The molecule has 0 heterocycles. The van der Waals surface area contributed by atoms with Gasteiger partial charge in [0, 0.05) is 33.3 Å². The van der Waals surface area contributed by atoms with Crippen molar-refractivity contribution in [3.63, 3.8) is 0 Å². The lowest BCUT2D eigenvalue weighted by Gasteiger charge is -2.38. The van der Waals surface area contributed by atoms with Gasteiger partial charge >= 0.3 is 6.09 Å². The molecule has 0 bridgehead atoms. The average Bonchev–Trinajstić information content (AvgIpc) is 2.68. The summed E-state index contributed by atoms with van der Waals surface area (Å²) in [6.45, 7) is 12.7. The number of carbonyl (C=O) groups excluding carboxylic acids is 2. The number of nitrogens with zero attached hydrogens (tertiary/aromatic N) is 1. The van der Waals surface area contributed by atoms with E-state index >= 15 is 0 Å². The Morgan fingerprint density at radius 3 is 2.16 bits per heavy atom. The highest BCUT2D eigenvalue weighted by molar-refractivity contribution is 5.81. The molecule has 0 aliphatic carbocycles. The molecule has 0 aromatic heterocycles. The maximum absolute atomic E-state index is 12.6. The first-order chi connectivity index (χ1) is 14.8. The first-order valence-corrected chi connectivity index (χ1v) is 10.7. The summed E-state index contributed by atoms with van der Waals surface area (Å²) in [7, 11) is 4.83. The summed E-state index contributed by atoms with van der Waals surface area (Å²) in [5.74, 6) is 1.27. The van der Waals surface area contributed by atoms with Gasteiger partial charge in [0.15, 0.2) is 17.8 Å². The quantitative estimate of drug-likeness (QED) is 0.358. The fourth-order valence-corrected chi connectivity index (χ4v) is 3.00. The molecular formula is C24H39NO7. The van der Waals surface area contributed by atoms with Gasteiger partial charge in [0.25, 0.3) is 0 Å². The molecule has 1 aromatic carbocycles. The van der Waals surface area contributed by atoms with E-state index in [2.05, 4.69) is 0 Å². The lowest BCUT2D eigenvalue weighted by Crippen LogP contribution is -2.50. The minimum Gasteiger partial charge on any atom is -0.493 e. The van der Waals surface area contributed by atoms with Crippen molar-refractivity contribution in [2.45, 2.75) is 59.6 Å². The molecule has 0 saturated heterocycles. The Morgan fingerprint density at radius 1 is 1.00 bits per heavy atom. The van der Waals surface area contributed by atoms with Crippen LogP contribution < -0.4 is 14.2 Å². The normalized spacial score (nSPS) is 12.7. The maximum atomic E-state index is 12.6. The molecule has 0 unspecified atom stereocenters. The largest absolute Gasteiger partial charge is 0.493 e.